The van der Waals surface area contributed by atoms with E-state index in [1.165, 1.54) is 4.90 Å². The van der Waals surface area contributed by atoms with Gasteiger partial charge in [-0.15, -0.1) is 0 Å². The predicted molar refractivity (Wildman–Crippen MR) is 37.7 cm³/mol. The summed E-state index contributed by atoms with van der Waals surface area (Å²) in [5, 5.41) is 20.5. The molecule has 1 atom stereocenters. The fraction of sp³-hybridized carbons (Fsp3) is 0.833. The first-order valence-electron chi connectivity index (χ1n) is 3.55. The highest BCUT2D eigenvalue weighted by Crippen LogP contribution is 1.99. The number of amides is 1. The SMILES string of the molecule is O=C1CNCC(O)N1CCO. The van der Waals surface area contributed by atoms with Crippen LogP contribution in [0, 0.1) is 0 Å². The van der Waals surface area contributed by atoms with Crippen LogP contribution < -0.4 is 5.32 Å². The van der Waals surface area contributed by atoms with Crippen molar-refractivity contribution < 1.29 is 15.0 Å². The third-order valence-electron chi connectivity index (χ3n) is 1.62. The summed E-state index contributed by atoms with van der Waals surface area (Å²) in [6.07, 6.45) is -0.789. The number of nitrogens with one attached hydrogen (secondary N) is 1. The summed E-state index contributed by atoms with van der Waals surface area (Å²) in [6.45, 7) is 0.729. The van der Waals surface area contributed by atoms with E-state index in [0.29, 0.717) is 6.54 Å². The van der Waals surface area contributed by atoms with E-state index in [1.54, 1.807) is 0 Å². The van der Waals surface area contributed by atoms with E-state index in [9.17, 15) is 9.90 Å². The lowest BCUT2D eigenvalue weighted by Crippen LogP contribution is -2.55. The Hall–Kier alpha value is -0.650. The zero-order chi connectivity index (χ0) is 8.27. The molecule has 11 heavy (non-hydrogen) atoms. The number of carbonyl (C=O) groups excluding carboxylic acids is 1. The summed E-state index contributed by atoms with van der Waals surface area (Å²) >= 11 is 0. The van der Waals surface area contributed by atoms with Crippen LogP contribution in [-0.2, 0) is 4.79 Å². The number of β-amino-alcohol motifs (C(OH)–C–C–N with tert-alkyl or cyclic N) is 2. The van der Waals surface area contributed by atoms with Gasteiger partial charge in [-0.25, -0.2) is 0 Å². The van der Waals surface area contributed by atoms with Crippen LogP contribution in [0.25, 0.3) is 0 Å². The second kappa shape index (κ2) is 3.66. The van der Waals surface area contributed by atoms with Crippen LogP contribution in [0.1, 0.15) is 0 Å². The minimum Gasteiger partial charge on any atom is -0.395 e. The Morgan fingerprint density at radius 1 is 1.73 bits per heavy atom. The molecule has 5 heteroatoms. The Balaban J connectivity index is 2.48. The maximum absolute atomic E-state index is 11.0. The van der Waals surface area contributed by atoms with Gasteiger partial charge in [0.25, 0.3) is 0 Å². The molecular formula is C6H12N2O3. The molecule has 64 valence electrons. The quantitative estimate of drug-likeness (QED) is 0.426. The largest absolute Gasteiger partial charge is 0.395 e. The number of hydrogen-bond acceptors (Lipinski definition) is 4. The average molecular weight is 160 g/mol. The van der Waals surface area contributed by atoms with Gasteiger partial charge in [-0.2, -0.15) is 0 Å². The molecule has 0 saturated carbocycles. The molecule has 3 N–H and O–H groups in total. The lowest BCUT2D eigenvalue weighted by Gasteiger charge is -2.31. The molecule has 1 unspecified atom stereocenters. The molecule has 5 nitrogen and oxygen atoms in total. The highest BCUT2D eigenvalue weighted by Gasteiger charge is 2.24. The van der Waals surface area contributed by atoms with Gasteiger partial charge in [0.1, 0.15) is 6.23 Å². The Kier molecular flexibility index (Phi) is 2.81. The Morgan fingerprint density at radius 3 is 3.00 bits per heavy atom. The summed E-state index contributed by atoms with van der Waals surface area (Å²) in [7, 11) is 0. The maximum atomic E-state index is 11.0. The summed E-state index contributed by atoms with van der Waals surface area (Å²) in [5.41, 5.74) is 0. The van der Waals surface area contributed by atoms with Crippen molar-refractivity contribution in [3.05, 3.63) is 0 Å². The molecule has 1 saturated heterocycles. The van der Waals surface area contributed by atoms with E-state index in [2.05, 4.69) is 5.32 Å². The van der Waals surface area contributed by atoms with Crippen molar-refractivity contribution in [3.63, 3.8) is 0 Å². The minimum atomic E-state index is -0.789. The Morgan fingerprint density at radius 2 is 2.45 bits per heavy atom. The van der Waals surface area contributed by atoms with E-state index in [0.717, 1.165) is 0 Å². The van der Waals surface area contributed by atoms with Crippen LogP contribution in [0.2, 0.25) is 0 Å². The Bertz CT molecular complexity index is 151. The number of hydrogen-bond donors (Lipinski definition) is 3. The lowest BCUT2D eigenvalue weighted by atomic mass is 10.3. The first-order valence-corrected chi connectivity index (χ1v) is 3.55. The molecule has 0 aliphatic carbocycles. The number of rotatable bonds is 2. The fourth-order valence-corrected chi connectivity index (χ4v) is 1.07. The molecule has 1 rings (SSSR count). The molecule has 1 aliphatic rings. The zero-order valence-corrected chi connectivity index (χ0v) is 6.16. The second-order valence-electron chi connectivity index (χ2n) is 2.42. The van der Waals surface area contributed by atoms with E-state index in [-0.39, 0.29) is 25.6 Å². The van der Waals surface area contributed by atoms with E-state index >= 15 is 0 Å². The molecule has 0 radical (unpaired) electrons. The third-order valence-corrected chi connectivity index (χ3v) is 1.62. The minimum absolute atomic E-state index is 0.108. The van der Waals surface area contributed by atoms with Gasteiger partial charge in [0.2, 0.25) is 5.91 Å². The standard InChI is InChI=1S/C6H12N2O3/c9-2-1-8-5(10)3-7-4-6(8)11/h5,7,9-10H,1-4H2. The van der Waals surface area contributed by atoms with Crippen LogP contribution in [0.4, 0.5) is 0 Å². The summed E-state index contributed by atoms with van der Waals surface area (Å²) in [6, 6.07) is 0. The molecule has 1 heterocycles. The van der Waals surface area contributed by atoms with Crippen molar-refractivity contribution in [1.82, 2.24) is 10.2 Å². The highest BCUT2D eigenvalue weighted by molar-refractivity contribution is 5.79. The second-order valence-corrected chi connectivity index (χ2v) is 2.42. The van der Waals surface area contributed by atoms with Crippen molar-refractivity contribution in [1.29, 1.82) is 0 Å². The van der Waals surface area contributed by atoms with Crippen LogP contribution in [-0.4, -0.2) is 53.5 Å². The van der Waals surface area contributed by atoms with Gasteiger partial charge in [-0.1, -0.05) is 0 Å². The fourth-order valence-electron chi connectivity index (χ4n) is 1.07. The van der Waals surface area contributed by atoms with Crippen molar-refractivity contribution in [2.75, 3.05) is 26.2 Å². The number of aliphatic hydroxyl groups excluding tert-OH is 2. The normalized spacial score (nSPS) is 25.8. The summed E-state index contributed by atoms with van der Waals surface area (Å²) in [5.74, 6) is -0.169. The lowest BCUT2D eigenvalue weighted by molar-refractivity contribution is -0.145. The van der Waals surface area contributed by atoms with E-state index in [4.69, 9.17) is 5.11 Å². The molecule has 0 spiro atoms. The van der Waals surface area contributed by atoms with Crippen molar-refractivity contribution in [2.45, 2.75) is 6.23 Å². The van der Waals surface area contributed by atoms with Crippen LogP contribution in [0.3, 0.4) is 0 Å². The van der Waals surface area contributed by atoms with E-state index in [1.807, 2.05) is 0 Å². The molecule has 0 aromatic carbocycles. The monoisotopic (exact) mass is 160 g/mol. The summed E-state index contributed by atoms with van der Waals surface area (Å²) in [4.78, 5) is 12.2. The zero-order valence-electron chi connectivity index (χ0n) is 6.16. The van der Waals surface area contributed by atoms with Crippen molar-refractivity contribution >= 4 is 5.91 Å². The molecule has 1 aliphatic heterocycles. The molecule has 0 aromatic heterocycles. The number of carbonyl (C=O) groups is 1. The maximum Gasteiger partial charge on any atom is 0.238 e. The third kappa shape index (κ3) is 1.89. The van der Waals surface area contributed by atoms with Crippen LogP contribution in [0.15, 0.2) is 0 Å². The molecule has 1 amide bonds. The number of piperazine rings is 1. The van der Waals surface area contributed by atoms with Crippen LogP contribution >= 0.6 is 0 Å². The smallest absolute Gasteiger partial charge is 0.238 e. The van der Waals surface area contributed by atoms with Gasteiger partial charge in [0, 0.05) is 13.1 Å². The van der Waals surface area contributed by atoms with Crippen molar-refractivity contribution in [3.8, 4) is 0 Å². The first-order chi connectivity index (χ1) is 5.25. The molecule has 1 fully saturated rings. The molecule has 0 bridgehead atoms. The number of nitrogens with zero attached hydrogens (tertiary/aromatic N) is 1. The predicted octanol–water partition coefficient (Wildman–Crippen LogP) is -2.27. The van der Waals surface area contributed by atoms with Gasteiger partial charge in [0.15, 0.2) is 0 Å². The van der Waals surface area contributed by atoms with E-state index < -0.39 is 6.23 Å². The molecular weight excluding hydrogens is 148 g/mol. The van der Waals surface area contributed by atoms with Gasteiger partial charge >= 0.3 is 0 Å². The van der Waals surface area contributed by atoms with Gasteiger partial charge in [-0.05, 0) is 0 Å². The average Bonchev–Trinajstić information content (AvgIpc) is 1.97. The van der Waals surface area contributed by atoms with Crippen molar-refractivity contribution in [2.24, 2.45) is 0 Å². The number of aliphatic hydroxyl groups is 2. The topological polar surface area (TPSA) is 72.8 Å². The van der Waals surface area contributed by atoms with Crippen LogP contribution in [0.5, 0.6) is 0 Å². The first kappa shape index (κ1) is 8.45. The summed E-state index contributed by atoms with van der Waals surface area (Å²) < 4.78 is 0. The molecule has 0 aromatic rings. The Labute approximate surface area is 64.6 Å². The highest BCUT2D eigenvalue weighted by atomic mass is 16.3. The van der Waals surface area contributed by atoms with Gasteiger partial charge in [-0.3, -0.25) is 4.79 Å². The van der Waals surface area contributed by atoms with Gasteiger partial charge < -0.3 is 20.4 Å². The van der Waals surface area contributed by atoms with Gasteiger partial charge in [0.05, 0.1) is 13.2 Å².